The van der Waals surface area contributed by atoms with Gasteiger partial charge < -0.3 is 20.3 Å². The molecule has 1 amide bonds. The van der Waals surface area contributed by atoms with Crippen LogP contribution >= 0.6 is 11.6 Å². The maximum atomic E-state index is 13.8. The van der Waals surface area contributed by atoms with Gasteiger partial charge in [0.15, 0.2) is 0 Å². The Bertz CT molecular complexity index is 1390. The maximum absolute atomic E-state index is 13.8. The topological polar surface area (TPSA) is 84.6 Å². The number of nitrogens with zero attached hydrogens (tertiary/aromatic N) is 4. The monoisotopic (exact) mass is 573 g/mol. The highest BCUT2D eigenvalue weighted by Gasteiger charge is 2.45. The minimum absolute atomic E-state index is 0.0443. The van der Waals surface area contributed by atoms with Crippen LogP contribution in [0.4, 0.5) is 18.9 Å². The molecule has 0 radical (unpaired) electrons. The van der Waals surface area contributed by atoms with Gasteiger partial charge in [0, 0.05) is 54.9 Å². The summed E-state index contributed by atoms with van der Waals surface area (Å²) in [5.74, 6) is 0.423. The molecule has 11 heteroatoms. The van der Waals surface area contributed by atoms with Gasteiger partial charge in [-0.15, -0.1) is 0 Å². The molecule has 0 unspecified atom stereocenters. The maximum Gasteiger partial charge on any atom is 0.418 e. The van der Waals surface area contributed by atoms with Crippen LogP contribution in [-0.2, 0) is 22.9 Å². The molecule has 1 fully saturated rings. The number of pyridine rings is 2. The number of fused-ring (bicyclic) bond motifs is 2. The summed E-state index contributed by atoms with van der Waals surface area (Å²) >= 11 is 5.91. The van der Waals surface area contributed by atoms with Crippen LogP contribution in [0, 0.1) is 0 Å². The van der Waals surface area contributed by atoms with Crippen molar-refractivity contribution in [2.75, 3.05) is 37.7 Å². The average Bonchev–Trinajstić information content (AvgIpc) is 2.93. The minimum atomic E-state index is -4.52. The Morgan fingerprint density at radius 3 is 2.65 bits per heavy atom. The minimum Gasteiger partial charge on any atom is -0.477 e. The molecule has 3 aromatic rings. The number of ether oxygens (including phenoxy) is 1. The Morgan fingerprint density at radius 2 is 1.95 bits per heavy atom. The molecular weight excluding hydrogens is 543 g/mol. The summed E-state index contributed by atoms with van der Waals surface area (Å²) in [6.07, 6.45) is -1.53. The van der Waals surface area contributed by atoms with E-state index in [4.69, 9.17) is 27.1 Å². The van der Waals surface area contributed by atoms with Gasteiger partial charge in [0.1, 0.15) is 0 Å². The van der Waals surface area contributed by atoms with Crippen LogP contribution in [-0.4, -0.2) is 53.6 Å². The lowest BCUT2D eigenvalue weighted by Crippen LogP contribution is -2.54. The first-order valence-corrected chi connectivity index (χ1v) is 13.7. The molecule has 4 heterocycles. The molecule has 1 saturated heterocycles. The second-order valence-electron chi connectivity index (χ2n) is 10.2. The number of rotatable bonds is 6. The number of benzene rings is 1. The van der Waals surface area contributed by atoms with Gasteiger partial charge in [-0.25, -0.2) is 4.98 Å². The van der Waals surface area contributed by atoms with Gasteiger partial charge in [-0.05, 0) is 61.7 Å². The lowest BCUT2D eigenvalue weighted by Gasteiger charge is -2.49. The number of carbonyl (C=O) groups is 1. The van der Waals surface area contributed by atoms with Crippen LogP contribution in [0.25, 0.3) is 11.3 Å². The number of halogens is 4. The summed E-state index contributed by atoms with van der Waals surface area (Å²) in [5, 5.41) is 0.0443. The van der Waals surface area contributed by atoms with Crippen molar-refractivity contribution in [2.24, 2.45) is 5.73 Å². The van der Waals surface area contributed by atoms with Gasteiger partial charge in [0.05, 0.1) is 35.7 Å². The predicted octanol–water partition coefficient (Wildman–Crippen LogP) is 5.44. The van der Waals surface area contributed by atoms with Crippen LogP contribution in [0.5, 0.6) is 5.88 Å². The first-order valence-electron chi connectivity index (χ1n) is 13.3. The lowest BCUT2D eigenvalue weighted by atomic mass is 9.69. The number of piperidine rings is 1. The highest BCUT2D eigenvalue weighted by Crippen LogP contribution is 2.45. The molecule has 40 heavy (non-hydrogen) atoms. The fraction of sp³-hybridized carbons (Fsp3) is 0.414. The molecule has 2 aliphatic rings. The molecule has 5 rings (SSSR count). The van der Waals surface area contributed by atoms with Crippen molar-refractivity contribution in [3.05, 3.63) is 70.5 Å². The van der Waals surface area contributed by atoms with E-state index >= 15 is 0 Å². The number of hydrogen-bond donors (Lipinski definition) is 1. The van der Waals surface area contributed by atoms with E-state index in [0.29, 0.717) is 57.2 Å². The van der Waals surface area contributed by atoms with Gasteiger partial charge in [0.25, 0.3) is 0 Å². The van der Waals surface area contributed by atoms with Crippen LogP contribution in [0.3, 0.4) is 0 Å². The number of hydrogen-bond acceptors (Lipinski definition) is 6. The molecule has 212 valence electrons. The molecule has 2 aliphatic heterocycles. The largest absolute Gasteiger partial charge is 0.477 e. The molecule has 7 nitrogen and oxygen atoms in total. The molecule has 0 saturated carbocycles. The molecule has 1 aromatic carbocycles. The standard InChI is InChI=1S/C29H31ClF3N5O2/c1-2-40-27-20(4-3-13-35-27)23-7-6-21-24(36-23)17-38(26(39)9-12-34)18-28(21)10-14-37(15-11-28)25-8-5-19(30)16-22(25)29(31,32)33/h3-8,13,16H,2,9-12,14-15,17-18,34H2,1H3. The summed E-state index contributed by atoms with van der Waals surface area (Å²) in [4.78, 5) is 25.9. The van der Waals surface area contributed by atoms with E-state index in [0.717, 1.165) is 22.9 Å². The smallest absolute Gasteiger partial charge is 0.418 e. The van der Waals surface area contributed by atoms with Crippen molar-refractivity contribution in [2.45, 2.75) is 44.3 Å². The molecule has 2 aromatic heterocycles. The third-order valence-corrected chi connectivity index (χ3v) is 7.98. The number of amides is 1. The Hall–Kier alpha value is -3.37. The van der Waals surface area contributed by atoms with E-state index in [2.05, 4.69) is 4.98 Å². The Labute approximate surface area is 236 Å². The summed E-state index contributed by atoms with van der Waals surface area (Å²) in [7, 11) is 0. The van der Waals surface area contributed by atoms with Crippen LogP contribution in [0.2, 0.25) is 5.02 Å². The number of carbonyl (C=O) groups excluding carboxylic acids is 1. The first kappa shape index (κ1) is 28.2. The number of aromatic nitrogens is 2. The highest BCUT2D eigenvalue weighted by molar-refractivity contribution is 6.30. The third-order valence-electron chi connectivity index (χ3n) is 7.74. The van der Waals surface area contributed by atoms with Crippen LogP contribution < -0.4 is 15.4 Å². The van der Waals surface area contributed by atoms with Crippen LogP contribution in [0.15, 0.2) is 48.7 Å². The Kier molecular flexibility index (Phi) is 7.92. The number of nitrogens with two attached hydrogens (primary N) is 1. The number of alkyl halides is 3. The van der Waals surface area contributed by atoms with Crippen molar-refractivity contribution >= 4 is 23.2 Å². The number of anilines is 1. The van der Waals surface area contributed by atoms with Crippen molar-refractivity contribution in [1.82, 2.24) is 14.9 Å². The summed E-state index contributed by atoms with van der Waals surface area (Å²) in [6.45, 7) is 4.17. The zero-order chi connectivity index (χ0) is 28.5. The molecule has 2 N–H and O–H groups in total. The second-order valence-corrected chi connectivity index (χ2v) is 10.6. The molecule has 1 spiro atoms. The highest BCUT2D eigenvalue weighted by atomic mass is 35.5. The fourth-order valence-corrected chi connectivity index (χ4v) is 6.02. The third kappa shape index (κ3) is 5.47. The van der Waals surface area contributed by atoms with E-state index in [-0.39, 0.29) is 29.6 Å². The van der Waals surface area contributed by atoms with Crippen molar-refractivity contribution in [3.8, 4) is 17.1 Å². The lowest BCUT2D eigenvalue weighted by molar-refractivity contribution is -0.137. The Morgan fingerprint density at radius 1 is 1.18 bits per heavy atom. The van der Waals surface area contributed by atoms with E-state index in [1.807, 2.05) is 31.2 Å². The van der Waals surface area contributed by atoms with Crippen molar-refractivity contribution in [1.29, 1.82) is 0 Å². The second kappa shape index (κ2) is 11.2. The van der Waals surface area contributed by atoms with E-state index in [1.54, 1.807) is 16.0 Å². The SMILES string of the molecule is CCOc1ncccc1-c1ccc2c(n1)CN(C(=O)CCN)CC21CCN(c2ccc(Cl)cc2C(F)(F)F)CC1. The summed E-state index contributed by atoms with van der Waals surface area (Å²) < 4.78 is 47.2. The molecule has 0 aliphatic carbocycles. The Balaban J connectivity index is 1.50. The molecule has 0 bridgehead atoms. The quantitative estimate of drug-likeness (QED) is 0.422. The van der Waals surface area contributed by atoms with Gasteiger partial charge in [0.2, 0.25) is 11.8 Å². The zero-order valence-electron chi connectivity index (χ0n) is 22.2. The molecule has 0 atom stereocenters. The average molecular weight is 574 g/mol. The van der Waals surface area contributed by atoms with E-state index < -0.39 is 17.2 Å². The molecular formula is C29H31ClF3N5O2. The van der Waals surface area contributed by atoms with Gasteiger partial charge >= 0.3 is 6.18 Å². The zero-order valence-corrected chi connectivity index (χ0v) is 22.9. The van der Waals surface area contributed by atoms with Gasteiger partial charge in [-0.2, -0.15) is 13.2 Å². The van der Waals surface area contributed by atoms with Gasteiger partial charge in [-0.1, -0.05) is 17.7 Å². The van der Waals surface area contributed by atoms with Crippen molar-refractivity contribution in [3.63, 3.8) is 0 Å². The van der Waals surface area contributed by atoms with Crippen molar-refractivity contribution < 1.29 is 22.7 Å². The van der Waals surface area contributed by atoms with Crippen LogP contribution in [0.1, 0.15) is 43.0 Å². The first-order chi connectivity index (χ1) is 19.1. The predicted molar refractivity (Wildman–Crippen MR) is 147 cm³/mol. The van der Waals surface area contributed by atoms with E-state index in [9.17, 15) is 18.0 Å². The van der Waals surface area contributed by atoms with Gasteiger partial charge in [-0.3, -0.25) is 9.78 Å². The fourth-order valence-electron chi connectivity index (χ4n) is 5.85. The normalized spacial score (nSPS) is 16.6. The summed E-state index contributed by atoms with van der Waals surface area (Å²) in [6, 6.07) is 11.6. The summed E-state index contributed by atoms with van der Waals surface area (Å²) in [5.41, 5.74) is 7.87. The van der Waals surface area contributed by atoms with E-state index in [1.165, 1.54) is 12.1 Å².